The number of amides is 2. The third kappa shape index (κ3) is 4.01. The minimum Gasteiger partial charge on any atom is -0.467 e. The van der Waals surface area contributed by atoms with E-state index in [1.54, 1.807) is 12.3 Å². The lowest BCUT2D eigenvalue weighted by molar-refractivity contribution is -0.136. The van der Waals surface area contributed by atoms with Crippen molar-refractivity contribution in [2.24, 2.45) is 0 Å². The number of benzene rings is 2. The summed E-state index contributed by atoms with van der Waals surface area (Å²) in [6.07, 6.45) is 2.56. The number of carbonyl (C=O) groups excluding carboxylic acids is 2. The number of nitrogens with one attached hydrogen (secondary N) is 2. The Kier molecular flexibility index (Phi) is 5.33. The number of fused-ring (bicyclic) bond motifs is 1. The van der Waals surface area contributed by atoms with Gasteiger partial charge in [0.1, 0.15) is 11.8 Å². The average molecular weight is 389 g/mol. The molecule has 0 aliphatic carbocycles. The molecule has 6 heteroatoms. The van der Waals surface area contributed by atoms with E-state index in [0.717, 1.165) is 30.0 Å². The van der Waals surface area contributed by atoms with Gasteiger partial charge in [0, 0.05) is 24.5 Å². The Bertz CT molecular complexity index is 1010. The van der Waals surface area contributed by atoms with Gasteiger partial charge in [0.15, 0.2) is 0 Å². The largest absolute Gasteiger partial charge is 0.467 e. The average Bonchev–Trinajstić information content (AvgIpc) is 3.40. The highest BCUT2D eigenvalue weighted by atomic mass is 16.3. The van der Waals surface area contributed by atoms with Crippen molar-refractivity contribution in [3.8, 4) is 0 Å². The van der Waals surface area contributed by atoms with E-state index in [1.807, 2.05) is 49.4 Å². The van der Waals surface area contributed by atoms with Crippen molar-refractivity contribution >= 4 is 23.2 Å². The molecule has 0 fully saturated rings. The van der Waals surface area contributed by atoms with E-state index in [4.69, 9.17) is 4.42 Å². The van der Waals surface area contributed by atoms with Gasteiger partial charge >= 0.3 is 11.8 Å². The second kappa shape index (κ2) is 8.22. The number of nitrogens with zero attached hydrogens (tertiary/aromatic N) is 1. The lowest BCUT2D eigenvalue weighted by atomic mass is 10.1. The molecule has 2 heterocycles. The predicted octanol–water partition coefficient (Wildman–Crippen LogP) is 3.45. The third-order valence-electron chi connectivity index (χ3n) is 5.23. The molecule has 0 spiro atoms. The van der Waals surface area contributed by atoms with Crippen LogP contribution in [0.4, 0.5) is 11.4 Å². The molecule has 1 aliphatic heterocycles. The summed E-state index contributed by atoms with van der Waals surface area (Å²) in [5.74, 6) is -0.599. The van der Waals surface area contributed by atoms with Gasteiger partial charge in [0.25, 0.3) is 0 Å². The van der Waals surface area contributed by atoms with E-state index >= 15 is 0 Å². The van der Waals surface area contributed by atoms with E-state index in [-0.39, 0.29) is 12.6 Å². The first-order valence-electron chi connectivity index (χ1n) is 9.66. The van der Waals surface area contributed by atoms with Gasteiger partial charge < -0.3 is 20.0 Å². The molecule has 1 aromatic heterocycles. The molecule has 6 nitrogen and oxygen atoms in total. The van der Waals surface area contributed by atoms with Crippen molar-refractivity contribution in [2.45, 2.75) is 19.4 Å². The fourth-order valence-corrected chi connectivity index (χ4v) is 3.69. The Labute approximate surface area is 169 Å². The molecule has 2 N–H and O–H groups in total. The van der Waals surface area contributed by atoms with Crippen LogP contribution in [0.3, 0.4) is 0 Å². The molecule has 2 amide bonds. The fraction of sp³-hybridized carbons (Fsp3) is 0.217. The first-order valence-corrected chi connectivity index (χ1v) is 9.66. The summed E-state index contributed by atoms with van der Waals surface area (Å²) < 4.78 is 5.63. The minimum absolute atomic E-state index is 0.191. The molecule has 2 aromatic carbocycles. The zero-order chi connectivity index (χ0) is 20.2. The highest BCUT2D eigenvalue weighted by Gasteiger charge is 2.29. The van der Waals surface area contributed by atoms with Crippen molar-refractivity contribution in [1.82, 2.24) is 5.32 Å². The molecule has 0 saturated carbocycles. The summed E-state index contributed by atoms with van der Waals surface area (Å²) in [7, 11) is 0. The standard InChI is InChI=1S/C23H23N3O3/c1-16-7-2-4-9-18(16)25-23(28)22(27)24-15-20(21-11-6-14-29-21)26-13-12-17-8-3-5-10-19(17)26/h2-11,14,20H,12-13,15H2,1H3,(H,24,27)(H,25,28). The van der Waals surface area contributed by atoms with Crippen LogP contribution in [-0.4, -0.2) is 24.9 Å². The third-order valence-corrected chi connectivity index (χ3v) is 5.23. The molecule has 29 heavy (non-hydrogen) atoms. The lowest BCUT2D eigenvalue weighted by Crippen LogP contribution is -2.41. The van der Waals surface area contributed by atoms with E-state index in [0.29, 0.717) is 5.69 Å². The van der Waals surface area contributed by atoms with Crippen LogP contribution < -0.4 is 15.5 Å². The Balaban J connectivity index is 1.46. The highest BCUT2D eigenvalue weighted by molar-refractivity contribution is 6.39. The number of aryl methyl sites for hydroxylation is 1. The normalized spacial score (nSPS) is 13.6. The van der Waals surface area contributed by atoms with Gasteiger partial charge in [-0.25, -0.2) is 0 Å². The summed E-state index contributed by atoms with van der Waals surface area (Å²) in [6.45, 7) is 2.98. The van der Waals surface area contributed by atoms with Crippen molar-refractivity contribution in [3.05, 3.63) is 83.8 Å². The number of anilines is 2. The molecule has 0 bridgehead atoms. The number of hydrogen-bond acceptors (Lipinski definition) is 4. The minimum atomic E-state index is -0.681. The Morgan fingerprint density at radius 1 is 1.03 bits per heavy atom. The molecule has 0 saturated heterocycles. The summed E-state index contributed by atoms with van der Waals surface area (Å²) in [4.78, 5) is 27.0. The lowest BCUT2D eigenvalue weighted by Gasteiger charge is -2.29. The number of para-hydroxylation sites is 2. The first-order chi connectivity index (χ1) is 14.1. The molecule has 1 aliphatic rings. The van der Waals surface area contributed by atoms with Crippen LogP contribution in [0, 0.1) is 6.92 Å². The van der Waals surface area contributed by atoms with Crippen molar-refractivity contribution in [3.63, 3.8) is 0 Å². The van der Waals surface area contributed by atoms with E-state index in [2.05, 4.69) is 27.7 Å². The van der Waals surface area contributed by atoms with Gasteiger partial charge in [-0.2, -0.15) is 0 Å². The van der Waals surface area contributed by atoms with Crippen LogP contribution in [0.5, 0.6) is 0 Å². The fourth-order valence-electron chi connectivity index (χ4n) is 3.69. The van der Waals surface area contributed by atoms with Crippen molar-refractivity contribution in [2.75, 3.05) is 23.3 Å². The van der Waals surface area contributed by atoms with Crippen LogP contribution in [0.2, 0.25) is 0 Å². The Hall–Kier alpha value is -3.54. The molecular weight excluding hydrogens is 366 g/mol. The maximum Gasteiger partial charge on any atom is 0.313 e. The van der Waals surface area contributed by atoms with Gasteiger partial charge in [-0.15, -0.1) is 0 Å². The number of hydrogen-bond donors (Lipinski definition) is 2. The zero-order valence-electron chi connectivity index (χ0n) is 16.2. The number of rotatable bonds is 5. The molecule has 1 unspecified atom stereocenters. The van der Waals surface area contributed by atoms with Crippen LogP contribution in [0.25, 0.3) is 0 Å². The summed E-state index contributed by atoms with van der Waals surface area (Å²) in [6, 6.07) is 19.1. The van der Waals surface area contributed by atoms with E-state index in [1.165, 1.54) is 5.56 Å². The van der Waals surface area contributed by atoms with Crippen LogP contribution in [-0.2, 0) is 16.0 Å². The van der Waals surface area contributed by atoms with Crippen LogP contribution in [0.15, 0.2) is 71.3 Å². The van der Waals surface area contributed by atoms with Gasteiger partial charge in [0.2, 0.25) is 0 Å². The smallest absolute Gasteiger partial charge is 0.313 e. The van der Waals surface area contributed by atoms with Crippen molar-refractivity contribution < 1.29 is 14.0 Å². The molecule has 3 aromatic rings. The van der Waals surface area contributed by atoms with E-state index < -0.39 is 11.8 Å². The van der Waals surface area contributed by atoms with Crippen LogP contribution >= 0.6 is 0 Å². The molecule has 1 atom stereocenters. The number of furan rings is 1. The van der Waals surface area contributed by atoms with Gasteiger partial charge in [0.05, 0.1) is 6.26 Å². The molecular formula is C23H23N3O3. The molecule has 4 rings (SSSR count). The van der Waals surface area contributed by atoms with Gasteiger partial charge in [-0.05, 0) is 48.7 Å². The second-order valence-corrected chi connectivity index (χ2v) is 7.08. The topological polar surface area (TPSA) is 74.6 Å². The summed E-state index contributed by atoms with van der Waals surface area (Å²) in [5.41, 5.74) is 3.93. The second-order valence-electron chi connectivity index (χ2n) is 7.08. The quantitative estimate of drug-likeness (QED) is 0.656. The van der Waals surface area contributed by atoms with Crippen LogP contribution in [0.1, 0.15) is 22.9 Å². The zero-order valence-corrected chi connectivity index (χ0v) is 16.2. The molecule has 0 radical (unpaired) electrons. The summed E-state index contributed by atoms with van der Waals surface area (Å²) in [5, 5.41) is 5.43. The summed E-state index contributed by atoms with van der Waals surface area (Å²) >= 11 is 0. The monoisotopic (exact) mass is 389 g/mol. The maximum atomic E-state index is 12.4. The Morgan fingerprint density at radius 2 is 1.83 bits per heavy atom. The molecule has 148 valence electrons. The Morgan fingerprint density at radius 3 is 2.62 bits per heavy atom. The van der Waals surface area contributed by atoms with Gasteiger partial charge in [-0.1, -0.05) is 36.4 Å². The van der Waals surface area contributed by atoms with E-state index in [9.17, 15) is 9.59 Å². The highest BCUT2D eigenvalue weighted by Crippen LogP contribution is 2.34. The predicted molar refractivity (Wildman–Crippen MR) is 112 cm³/mol. The van der Waals surface area contributed by atoms with Crippen molar-refractivity contribution in [1.29, 1.82) is 0 Å². The maximum absolute atomic E-state index is 12.4. The first kappa shape index (κ1) is 18.8. The SMILES string of the molecule is Cc1ccccc1NC(=O)C(=O)NCC(c1ccco1)N1CCc2ccccc21. The van der Waals surface area contributed by atoms with Gasteiger partial charge in [-0.3, -0.25) is 9.59 Å². The number of carbonyl (C=O) groups is 2.